The van der Waals surface area contributed by atoms with Crippen LogP contribution in [-0.4, -0.2) is 54.4 Å². The number of amides is 2. The largest absolute Gasteiger partial charge is 0.465 e. The van der Waals surface area contributed by atoms with Crippen molar-refractivity contribution in [2.24, 2.45) is 11.8 Å². The van der Waals surface area contributed by atoms with Crippen LogP contribution in [0.4, 0.5) is 21.0 Å². The van der Waals surface area contributed by atoms with Crippen molar-refractivity contribution in [3.05, 3.63) is 94.5 Å². The lowest BCUT2D eigenvalue weighted by Crippen LogP contribution is -2.65. The van der Waals surface area contributed by atoms with Crippen LogP contribution in [0.3, 0.4) is 0 Å². The molecular weight excluding hydrogens is 685 g/mol. The molecule has 8 unspecified atom stereocenters. The van der Waals surface area contributed by atoms with Gasteiger partial charge in [0.25, 0.3) is 0 Å². The highest BCUT2D eigenvalue weighted by Gasteiger charge is 2.55. The molecule has 2 aliphatic heterocycles. The summed E-state index contributed by atoms with van der Waals surface area (Å²) in [5, 5.41) is 26.6. The molecule has 3 aromatic rings. The third kappa shape index (κ3) is 7.78. The average Bonchev–Trinajstić information content (AvgIpc) is 3.17. The molecule has 2 amide bonds. The summed E-state index contributed by atoms with van der Waals surface area (Å²) in [6, 6.07) is 23.4. The zero-order valence-electron chi connectivity index (χ0n) is 35.4. The van der Waals surface area contributed by atoms with E-state index in [1.807, 2.05) is 0 Å². The lowest BCUT2D eigenvalue weighted by atomic mass is 9.60. The Kier molecular flexibility index (Phi) is 12.5. The van der Waals surface area contributed by atoms with Crippen molar-refractivity contribution in [3.63, 3.8) is 0 Å². The van der Waals surface area contributed by atoms with Gasteiger partial charge < -0.3 is 10.2 Å². The molecule has 55 heavy (non-hydrogen) atoms. The molecule has 2 fully saturated rings. The standard InChI is InChI=1S/C47H68N4O4/c1-12-44(8)27-37(32(6)46(10,14-3)50(44)29-34-22-18-16-19-23-34)36-26-39(48-42(52)53)40(41(31(36)5)49-43(54)55)38-28-45(9,13-2)51(47(11,15-4)33(38)7)30-35-24-20-17-21-25-35/h16-26,32-33,37-38,48-49H,12-15,27-30H2,1-11H3,(H,52,53)(H,54,55). The normalized spacial score (nSPS) is 31.5. The fourth-order valence-electron chi connectivity index (χ4n) is 10.9. The number of carbonyl (C=O) groups is 2. The second-order valence-electron chi connectivity index (χ2n) is 17.8. The maximum atomic E-state index is 12.8. The lowest BCUT2D eigenvalue weighted by molar-refractivity contribution is -0.0997. The number of nitrogens with one attached hydrogen (secondary N) is 2. The first kappa shape index (κ1) is 42.3. The van der Waals surface area contributed by atoms with Crippen molar-refractivity contribution in [1.29, 1.82) is 0 Å². The Bertz CT molecular complexity index is 1820. The molecule has 0 saturated carbocycles. The number of piperidine rings is 2. The lowest BCUT2D eigenvalue weighted by Gasteiger charge is -2.62. The van der Waals surface area contributed by atoms with Gasteiger partial charge in [-0.15, -0.1) is 0 Å². The Morgan fingerprint density at radius 3 is 1.49 bits per heavy atom. The summed E-state index contributed by atoms with van der Waals surface area (Å²) in [4.78, 5) is 30.9. The predicted octanol–water partition coefficient (Wildman–Crippen LogP) is 12.1. The van der Waals surface area contributed by atoms with Crippen molar-refractivity contribution in [3.8, 4) is 0 Å². The maximum absolute atomic E-state index is 12.8. The number of hydrogen-bond donors (Lipinski definition) is 4. The quantitative estimate of drug-likeness (QED) is 0.147. The molecule has 8 heteroatoms. The molecule has 0 aliphatic carbocycles. The maximum Gasteiger partial charge on any atom is 0.409 e. The Balaban J connectivity index is 1.70. The van der Waals surface area contributed by atoms with E-state index < -0.39 is 12.2 Å². The highest BCUT2D eigenvalue weighted by molar-refractivity contribution is 5.92. The molecule has 0 spiro atoms. The van der Waals surface area contributed by atoms with Gasteiger partial charge in [0.05, 0.1) is 5.69 Å². The second-order valence-corrected chi connectivity index (χ2v) is 17.8. The summed E-state index contributed by atoms with van der Waals surface area (Å²) in [6.45, 7) is 26.8. The van der Waals surface area contributed by atoms with Gasteiger partial charge in [0.2, 0.25) is 0 Å². The van der Waals surface area contributed by atoms with Crippen LogP contribution in [0.25, 0.3) is 0 Å². The smallest absolute Gasteiger partial charge is 0.409 e. The van der Waals surface area contributed by atoms with Crippen molar-refractivity contribution in [2.75, 3.05) is 10.6 Å². The van der Waals surface area contributed by atoms with Gasteiger partial charge in [-0.05, 0) is 125 Å². The Labute approximate surface area is 331 Å². The second kappa shape index (κ2) is 16.3. The fraction of sp³-hybridized carbons (Fsp3) is 0.574. The average molecular weight is 753 g/mol. The molecule has 2 saturated heterocycles. The topological polar surface area (TPSA) is 105 Å². The van der Waals surface area contributed by atoms with Crippen LogP contribution >= 0.6 is 0 Å². The summed E-state index contributed by atoms with van der Waals surface area (Å²) in [5.41, 5.74) is 5.43. The van der Waals surface area contributed by atoms with Crippen LogP contribution in [0.15, 0.2) is 66.7 Å². The molecule has 8 atom stereocenters. The van der Waals surface area contributed by atoms with Gasteiger partial charge >= 0.3 is 12.2 Å². The highest BCUT2D eigenvalue weighted by Crippen LogP contribution is 2.58. The number of likely N-dealkylation sites (tertiary alicyclic amines) is 2. The highest BCUT2D eigenvalue weighted by atomic mass is 16.4. The molecule has 2 aliphatic rings. The minimum Gasteiger partial charge on any atom is -0.465 e. The number of hydrogen-bond acceptors (Lipinski definition) is 4. The number of anilines is 2. The van der Waals surface area contributed by atoms with Crippen molar-refractivity contribution < 1.29 is 19.8 Å². The summed E-state index contributed by atoms with van der Waals surface area (Å²) >= 11 is 0. The van der Waals surface area contributed by atoms with E-state index >= 15 is 0 Å². The number of carboxylic acid groups (broad SMARTS) is 2. The molecule has 5 rings (SSSR count). The van der Waals surface area contributed by atoms with E-state index in [-0.39, 0.29) is 45.8 Å². The molecule has 0 radical (unpaired) electrons. The molecule has 0 bridgehead atoms. The van der Waals surface area contributed by atoms with Crippen molar-refractivity contribution >= 4 is 23.6 Å². The van der Waals surface area contributed by atoms with Gasteiger partial charge in [-0.2, -0.15) is 0 Å². The minimum atomic E-state index is -1.15. The van der Waals surface area contributed by atoms with E-state index in [0.717, 1.165) is 68.3 Å². The molecular formula is C47H68N4O4. The Morgan fingerprint density at radius 1 is 0.673 bits per heavy atom. The predicted molar refractivity (Wildman–Crippen MR) is 226 cm³/mol. The zero-order chi connectivity index (χ0) is 40.5. The minimum absolute atomic E-state index is 0.0617. The van der Waals surface area contributed by atoms with E-state index in [2.05, 4.69) is 163 Å². The zero-order valence-corrected chi connectivity index (χ0v) is 35.4. The summed E-state index contributed by atoms with van der Waals surface area (Å²) in [6.07, 6.45) is 2.99. The van der Waals surface area contributed by atoms with Gasteiger partial charge in [-0.3, -0.25) is 20.4 Å². The molecule has 300 valence electrons. The Morgan fingerprint density at radius 2 is 1.09 bits per heavy atom. The van der Waals surface area contributed by atoms with Gasteiger partial charge in [0.1, 0.15) is 0 Å². The first-order chi connectivity index (χ1) is 25.9. The van der Waals surface area contributed by atoms with Gasteiger partial charge in [0, 0.05) is 46.5 Å². The van der Waals surface area contributed by atoms with Crippen molar-refractivity contribution in [1.82, 2.24) is 9.80 Å². The van der Waals surface area contributed by atoms with Gasteiger partial charge in [-0.25, -0.2) is 9.59 Å². The monoisotopic (exact) mass is 753 g/mol. The van der Waals surface area contributed by atoms with E-state index in [1.165, 1.54) is 11.1 Å². The van der Waals surface area contributed by atoms with E-state index in [0.29, 0.717) is 11.4 Å². The number of nitrogens with zero attached hydrogens (tertiary/aromatic N) is 2. The van der Waals surface area contributed by atoms with Crippen LogP contribution in [0.1, 0.15) is 147 Å². The Hall–Kier alpha value is -3.88. The van der Waals surface area contributed by atoms with Crippen LogP contribution in [-0.2, 0) is 13.1 Å². The molecule has 0 aromatic heterocycles. The van der Waals surface area contributed by atoms with E-state index in [9.17, 15) is 19.8 Å². The van der Waals surface area contributed by atoms with E-state index in [4.69, 9.17) is 0 Å². The third-order valence-electron chi connectivity index (χ3n) is 15.3. The first-order valence-corrected chi connectivity index (χ1v) is 20.7. The van der Waals surface area contributed by atoms with E-state index in [1.54, 1.807) is 0 Å². The van der Waals surface area contributed by atoms with Gasteiger partial charge in [-0.1, -0.05) is 102 Å². The molecule has 2 heterocycles. The van der Waals surface area contributed by atoms with Crippen molar-refractivity contribution in [2.45, 2.75) is 162 Å². The van der Waals surface area contributed by atoms with Crippen LogP contribution in [0.5, 0.6) is 0 Å². The summed E-state index contributed by atoms with van der Waals surface area (Å²) in [5.74, 6) is 0.200. The SMILES string of the molecule is CCC1(C)CC(c2cc(NC(=O)O)c(C3CC(C)(CC)N(Cc4ccccc4)C(C)(CC)C3C)c(NC(=O)O)c2C)C(C)C(C)(CC)N1Cc1ccccc1. The number of benzene rings is 3. The molecule has 3 aromatic carbocycles. The molecule has 8 nitrogen and oxygen atoms in total. The fourth-order valence-corrected chi connectivity index (χ4v) is 10.9. The third-order valence-corrected chi connectivity index (χ3v) is 15.3. The number of rotatable bonds is 12. The first-order valence-electron chi connectivity index (χ1n) is 20.7. The van der Waals surface area contributed by atoms with Crippen LogP contribution in [0.2, 0.25) is 0 Å². The van der Waals surface area contributed by atoms with Crippen LogP contribution in [0, 0.1) is 18.8 Å². The summed E-state index contributed by atoms with van der Waals surface area (Å²) < 4.78 is 0. The molecule has 4 N–H and O–H groups in total. The van der Waals surface area contributed by atoms with Crippen LogP contribution < -0.4 is 10.6 Å². The van der Waals surface area contributed by atoms with Gasteiger partial charge in [0.15, 0.2) is 0 Å². The summed E-state index contributed by atoms with van der Waals surface area (Å²) in [7, 11) is 0.